The van der Waals surface area contributed by atoms with E-state index in [1.54, 1.807) is 0 Å². The van der Waals surface area contributed by atoms with Crippen LogP contribution in [0.25, 0.3) is 27.6 Å². The van der Waals surface area contributed by atoms with E-state index in [0.717, 1.165) is 57.6 Å². The van der Waals surface area contributed by atoms with Crippen LogP contribution in [0.5, 0.6) is 0 Å². The molecule has 6 heteroatoms. The number of hydrogen-bond acceptors (Lipinski definition) is 4. The molecule has 0 radical (unpaired) electrons. The summed E-state index contributed by atoms with van der Waals surface area (Å²) in [5, 5.41) is 5.67. The third-order valence-electron chi connectivity index (χ3n) is 4.90. The standard InChI is InChI=1S/C20H18N6/c1-13-5-4-12-26-20(13)22-17(24-26)9-10-18-23-19-14-6-3-11-21-15(14)7-8-16(19)25(18)2/h3-8,11-12H,9-10H2,1-2H3. The van der Waals surface area contributed by atoms with Gasteiger partial charge in [0.2, 0.25) is 0 Å². The smallest absolute Gasteiger partial charge is 0.158 e. The van der Waals surface area contributed by atoms with Crippen LogP contribution in [0.3, 0.4) is 0 Å². The molecule has 0 amide bonds. The molecule has 0 saturated carbocycles. The second-order valence-electron chi connectivity index (χ2n) is 6.58. The van der Waals surface area contributed by atoms with E-state index in [1.165, 1.54) is 0 Å². The molecule has 4 aromatic heterocycles. The molecular weight excluding hydrogens is 324 g/mol. The Balaban J connectivity index is 1.51. The first-order valence-corrected chi connectivity index (χ1v) is 8.70. The van der Waals surface area contributed by atoms with Crippen LogP contribution in [0, 0.1) is 6.92 Å². The van der Waals surface area contributed by atoms with Gasteiger partial charge in [-0.25, -0.2) is 14.5 Å². The van der Waals surface area contributed by atoms with Crippen LogP contribution < -0.4 is 0 Å². The first-order chi connectivity index (χ1) is 12.7. The van der Waals surface area contributed by atoms with Gasteiger partial charge in [0.05, 0.1) is 16.6 Å². The van der Waals surface area contributed by atoms with E-state index in [-0.39, 0.29) is 0 Å². The molecule has 4 heterocycles. The zero-order valence-electron chi connectivity index (χ0n) is 14.7. The van der Waals surface area contributed by atoms with Crippen molar-refractivity contribution in [2.45, 2.75) is 19.8 Å². The topological polar surface area (TPSA) is 60.9 Å². The quantitative estimate of drug-likeness (QED) is 0.505. The number of rotatable bonds is 3. The van der Waals surface area contributed by atoms with E-state index in [1.807, 2.05) is 29.0 Å². The monoisotopic (exact) mass is 342 g/mol. The molecule has 0 N–H and O–H groups in total. The Bertz CT molecular complexity index is 1260. The lowest BCUT2D eigenvalue weighted by Gasteiger charge is -2.01. The normalized spacial score (nSPS) is 11.8. The molecule has 128 valence electrons. The van der Waals surface area contributed by atoms with Crippen LogP contribution in [-0.4, -0.2) is 29.1 Å². The fourth-order valence-corrected chi connectivity index (χ4v) is 3.49. The van der Waals surface area contributed by atoms with Gasteiger partial charge in [-0.3, -0.25) is 4.98 Å². The summed E-state index contributed by atoms with van der Waals surface area (Å²) in [7, 11) is 2.06. The zero-order chi connectivity index (χ0) is 17.7. The lowest BCUT2D eigenvalue weighted by Crippen LogP contribution is -2.01. The summed E-state index contributed by atoms with van der Waals surface area (Å²) in [5.41, 5.74) is 5.16. The molecular formula is C20H18N6. The largest absolute Gasteiger partial charge is 0.331 e. The van der Waals surface area contributed by atoms with Crippen LogP contribution in [0.2, 0.25) is 0 Å². The minimum Gasteiger partial charge on any atom is -0.331 e. The molecule has 0 spiro atoms. The fourth-order valence-electron chi connectivity index (χ4n) is 3.49. The van der Waals surface area contributed by atoms with Crippen LogP contribution in [0.1, 0.15) is 17.2 Å². The van der Waals surface area contributed by atoms with E-state index < -0.39 is 0 Å². The maximum atomic E-state index is 4.89. The third kappa shape index (κ3) is 2.26. The number of hydrogen-bond donors (Lipinski definition) is 0. The van der Waals surface area contributed by atoms with Gasteiger partial charge in [0.25, 0.3) is 0 Å². The molecule has 26 heavy (non-hydrogen) atoms. The highest BCUT2D eigenvalue weighted by Crippen LogP contribution is 2.24. The average molecular weight is 342 g/mol. The van der Waals surface area contributed by atoms with Crippen molar-refractivity contribution in [1.82, 2.24) is 29.1 Å². The van der Waals surface area contributed by atoms with Gasteiger partial charge in [0, 0.05) is 37.7 Å². The third-order valence-corrected chi connectivity index (χ3v) is 4.90. The van der Waals surface area contributed by atoms with Crippen LogP contribution in [0.4, 0.5) is 0 Å². The molecule has 5 aromatic rings. The summed E-state index contributed by atoms with van der Waals surface area (Å²) in [6, 6.07) is 12.2. The zero-order valence-corrected chi connectivity index (χ0v) is 14.7. The Labute approximate surface area is 150 Å². The van der Waals surface area contributed by atoms with Gasteiger partial charge in [0.15, 0.2) is 11.5 Å². The molecule has 0 aliphatic heterocycles. The van der Waals surface area contributed by atoms with Crippen LogP contribution in [0.15, 0.2) is 48.8 Å². The van der Waals surface area contributed by atoms with Gasteiger partial charge < -0.3 is 4.57 Å². The number of benzene rings is 1. The lowest BCUT2D eigenvalue weighted by molar-refractivity contribution is 0.755. The molecule has 0 unspecified atom stereocenters. The number of aryl methyl sites for hydroxylation is 4. The van der Waals surface area contributed by atoms with Gasteiger partial charge >= 0.3 is 0 Å². The SMILES string of the molecule is Cc1cccn2nc(CCc3nc4c5cccnc5ccc4n3C)nc12. The molecule has 0 fully saturated rings. The van der Waals surface area contributed by atoms with Crippen molar-refractivity contribution in [3.05, 3.63) is 66.0 Å². The van der Waals surface area contributed by atoms with Crippen molar-refractivity contribution in [3.63, 3.8) is 0 Å². The second-order valence-corrected chi connectivity index (χ2v) is 6.58. The number of nitrogens with zero attached hydrogens (tertiary/aromatic N) is 6. The molecule has 5 rings (SSSR count). The number of imidazole rings is 1. The van der Waals surface area contributed by atoms with Crippen molar-refractivity contribution in [2.75, 3.05) is 0 Å². The summed E-state index contributed by atoms with van der Waals surface area (Å²) in [4.78, 5) is 14.0. The summed E-state index contributed by atoms with van der Waals surface area (Å²) >= 11 is 0. The summed E-state index contributed by atoms with van der Waals surface area (Å²) < 4.78 is 4.00. The van der Waals surface area contributed by atoms with Gasteiger partial charge in [-0.05, 0) is 42.8 Å². The molecule has 1 aromatic carbocycles. The Morgan fingerprint density at radius 2 is 1.92 bits per heavy atom. The number of aromatic nitrogens is 6. The predicted molar refractivity (Wildman–Crippen MR) is 101 cm³/mol. The van der Waals surface area contributed by atoms with Gasteiger partial charge in [-0.1, -0.05) is 6.07 Å². The summed E-state index contributed by atoms with van der Waals surface area (Å²) in [6.07, 6.45) is 5.31. The first kappa shape index (κ1) is 15.0. The number of pyridine rings is 2. The predicted octanol–water partition coefficient (Wildman–Crippen LogP) is 3.26. The van der Waals surface area contributed by atoms with Crippen molar-refractivity contribution >= 4 is 27.6 Å². The second kappa shape index (κ2) is 5.62. The van der Waals surface area contributed by atoms with Crippen molar-refractivity contribution in [2.24, 2.45) is 7.05 Å². The highest BCUT2D eigenvalue weighted by atomic mass is 15.3. The maximum absolute atomic E-state index is 4.89. The molecule has 6 nitrogen and oxygen atoms in total. The molecule has 0 atom stereocenters. The van der Waals surface area contributed by atoms with Gasteiger partial charge in [-0.15, -0.1) is 0 Å². The van der Waals surface area contributed by atoms with Crippen molar-refractivity contribution < 1.29 is 0 Å². The lowest BCUT2D eigenvalue weighted by atomic mass is 10.2. The minimum absolute atomic E-state index is 0.758. The van der Waals surface area contributed by atoms with Gasteiger partial charge in [-0.2, -0.15) is 5.10 Å². The van der Waals surface area contributed by atoms with E-state index in [9.17, 15) is 0 Å². The van der Waals surface area contributed by atoms with Crippen LogP contribution >= 0.6 is 0 Å². The molecule has 0 aliphatic rings. The molecule has 0 bridgehead atoms. The summed E-state index contributed by atoms with van der Waals surface area (Å²) in [6.45, 7) is 2.05. The highest BCUT2D eigenvalue weighted by Gasteiger charge is 2.12. The minimum atomic E-state index is 0.758. The Kier molecular flexibility index (Phi) is 3.25. The van der Waals surface area contributed by atoms with E-state index in [4.69, 9.17) is 4.98 Å². The fraction of sp³-hybridized carbons (Fsp3) is 0.200. The van der Waals surface area contributed by atoms with E-state index >= 15 is 0 Å². The van der Waals surface area contributed by atoms with Crippen LogP contribution in [-0.2, 0) is 19.9 Å². The molecule has 0 aliphatic carbocycles. The Morgan fingerprint density at radius 3 is 2.81 bits per heavy atom. The maximum Gasteiger partial charge on any atom is 0.158 e. The molecule has 0 saturated heterocycles. The highest BCUT2D eigenvalue weighted by molar-refractivity contribution is 6.02. The Hall–Kier alpha value is -3.28. The average Bonchev–Trinajstić information content (AvgIpc) is 3.22. The Morgan fingerprint density at radius 1 is 1.00 bits per heavy atom. The van der Waals surface area contributed by atoms with Crippen molar-refractivity contribution in [1.29, 1.82) is 0 Å². The number of fused-ring (bicyclic) bond motifs is 4. The van der Waals surface area contributed by atoms with Gasteiger partial charge in [0.1, 0.15) is 5.82 Å². The van der Waals surface area contributed by atoms with Crippen molar-refractivity contribution in [3.8, 4) is 0 Å². The van der Waals surface area contributed by atoms with E-state index in [0.29, 0.717) is 0 Å². The first-order valence-electron chi connectivity index (χ1n) is 8.70. The summed E-state index contributed by atoms with van der Waals surface area (Å²) in [5.74, 6) is 1.88. The van der Waals surface area contributed by atoms with E-state index in [2.05, 4.69) is 57.9 Å².